The Labute approximate surface area is 201 Å². The second-order valence-corrected chi connectivity index (χ2v) is 11.6. The lowest BCUT2D eigenvalue weighted by Gasteiger charge is -2.35. The maximum Gasteiger partial charge on any atom is 0.224 e. The maximum atomic E-state index is 13.5. The lowest BCUT2D eigenvalue weighted by molar-refractivity contribution is -0.133. The number of hydrogen-bond acceptors (Lipinski definition) is 5. The molecule has 1 saturated heterocycles. The molecule has 34 heavy (non-hydrogen) atoms. The number of aryl methyl sites for hydroxylation is 1. The van der Waals surface area contributed by atoms with E-state index in [1.165, 1.54) is 17.0 Å². The molecule has 2 aromatic carbocycles. The number of carbonyl (C=O) groups excluding carboxylic acids is 1. The Balaban J connectivity index is 1.73. The number of halogens is 2. The van der Waals surface area contributed by atoms with Gasteiger partial charge in [0.1, 0.15) is 11.6 Å². The van der Waals surface area contributed by atoms with Gasteiger partial charge in [0.25, 0.3) is 0 Å². The van der Waals surface area contributed by atoms with Crippen molar-refractivity contribution in [3.63, 3.8) is 0 Å². The van der Waals surface area contributed by atoms with E-state index >= 15 is 0 Å². The van der Waals surface area contributed by atoms with Crippen molar-refractivity contribution in [3.05, 3.63) is 70.8 Å². The second-order valence-electron chi connectivity index (χ2n) is 9.05. The van der Waals surface area contributed by atoms with Crippen molar-refractivity contribution >= 4 is 16.5 Å². The predicted molar refractivity (Wildman–Crippen MR) is 131 cm³/mol. The molecular formula is C25H34F2N2O4S. The van der Waals surface area contributed by atoms with Gasteiger partial charge in [0, 0.05) is 37.4 Å². The zero-order chi connectivity index (χ0) is 24.9. The minimum absolute atomic E-state index is 0.0210. The summed E-state index contributed by atoms with van der Waals surface area (Å²) in [6, 6.07) is 10.0. The fourth-order valence-corrected chi connectivity index (χ4v) is 6.24. The van der Waals surface area contributed by atoms with Gasteiger partial charge < -0.3 is 15.7 Å². The van der Waals surface area contributed by atoms with Crippen molar-refractivity contribution in [3.8, 4) is 0 Å². The Morgan fingerprint density at radius 1 is 1.15 bits per heavy atom. The summed E-state index contributed by atoms with van der Waals surface area (Å²) in [6.45, 7) is 2.18. The van der Waals surface area contributed by atoms with E-state index in [0.717, 1.165) is 23.6 Å². The molecule has 0 radical (unpaired) electrons. The van der Waals surface area contributed by atoms with Crippen LogP contribution in [-0.4, -0.2) is 54.7 Å². The number of rotatable bonds is 10. The van der Waals surface area contributed by atoms with E-state index in [1.54, 1.807) is 0 Å². The Hall–Kier alpha value is -2.04. The molecule has 6 nitrogen and oxygen atoms in total. The summed E-state index contributed by atoms with van der Waals surface area (Å²) in [6.07, 6.45) is 0.937. The van der Waals surface area contributed by atoms with Gasteiger partial charge in [-0.05, 0) is 54.5 Å². The summed E-state index contributed by atoms with van der Waals surface area (Å²) in [7, 11) is -2.80. The van der Waals surface area contributed by atoms with Gasteiger partial charge in [-0.3, -0.25) is 13.9 Å². The number of benzene rings is 2. The molecule has 0 aromatic heterocycles. The molecule has 0 aliphatic carbocycles. The van der Waals surface area contributed by atoms with Gasteiger partial charge in [-0.15, -0.1) is 0 Å². The van der Waals surface area contributed by atoms with Gasteiger partial charge >= 0.3 is 0 Å². The van der Waals surface area contributed by atoms with E-state index in [2.05, 4.69) is 0 Å². The standard InChI is InChI=1S/C25H34F2N2O4S/c1-2-17-5-3-6-18(9-17)15-29(25(31)14-22-7-4-8-34(22,32)33)16-24(30)23(28)12-19-10-20(26)13-21(27)11-19/h3,5-6,9-11,13,22-24,30,32-33H,2,4,7-8,12,14-16,28H2,1H3. The number of aliphatic hydroxyl groups is 1. The van der Waals surface area contributed by atoms with Crippen LogP contribution in [0, 0.1) is 11.6 Å². The molecule has 0 saturated carbocycles. The van der Waals surface area contributed by atoms with Crippen LogP contribution < -0.4 is 5.73 Å². The van der Waals surface area contributed by atoms with E-state index in [4.69, 9.17) is 5.73 Å². The molecule has 1 heterocycles. The topological polar surface area (TPSA) is 107 Å². The van der Waals surface area contributed by atoms with Crippen LogP contribution in [-0.2, 0) is 24.2 Å². The highest BCUT2D eigenvalue weighted by Crippen LogP contribution is 2.53. The molecule has 0 spiro atoms. The Kier molecular flexibility index (Phi) is 9.06. The molecule has 3 unspecified atom stereocenters. The molecule has 3 rings (SSSR count). The molecule has 3 atom stereocenters. The van der Waals surface area contributed by atoms with Crippen LogP contribution in [0.15, 0.2) is 42.5 Å². The molecule has 1 aliphatic rings. The molecule has 1 aliphatic heterocycles. The molecule has 0 bridgehead atoms. The zero-order valence-corrected chi connectivity index (χ0v) is 20.2. The van der Waals surface area contributed by atoms with E-state index in [1.807, 2.05) is 31.2 Å². The first-order valence-corrected chi connectivity index (χ1v) is 13.3. The van der Waals surface area contributed by atoms with Gasteiger partial charge in [-0.25, -0.2) is 8.78 Å². The SMILES string of the molecule is CCc1cccc(CN(CC(O)C(N)Cc2cc(F)cc(F)c2)C(=O)CC2CCCS2(O)O)c1. The molecule has 9 heteroatoms. The number of hydrogen-bond donors (Lipinski definition) is 4. The number of amides is 1. The highest BCUT2D eigenvalue weighted by Gasteiger charge is 2.35. The fraction of sp³-hybridized carbons (Fsp3) is 0.480. The van der Waals surface area contributed by atoms with Gasteiger partial charge in [0.2, 0.25) is 5.91 Å². The van der Waals surface area contributed by atoms with Crippen molar-refractivity contribution < 1.29 is 27.8 Å². The van der Waals surface area contributed by atoms with E-state index in [0.29, 0.717) is 24.2 Å². The molecule has 5 N–H and O–H groups in total. The first-order valence-electron chi connectivity index (χ1n) is 11.6. The highest BCUT2D eigenvalue weighted by molar-refractivity contribution is 8.25. The van der Waals surface area contributed by atoms with Crippen molar-refractivity contribution in [2.24, 2.45) is 5.73 Å². The quantitative estimate of drug-likeness (QED) is 0.396. The van der Waals surface area contributed by atoms with Crippen molar-refractivity contribution in [1.29, 1.82) is 0 Å². The number of carbonyl (C=O) groups is 1. The maximum absolute atomic E-state index is 13.5. The normalized spacial score (nSPS) is 20.0. The van der Waals surface area contributed by atoms with Crippen molar-refractivity contribution in [1.82, 2.24) is 4.90 Å². The van der Waals surface area contributed by atoms with Gasteiger partial charge in [0.15, 0.2) is 0 Å². The summed E-state index contributed by atoms with van der Waals surface area (Å²) < 4.78 is 47.6. The van der Waals surface area contributed by atoms with Crippen molar-refractivity contribution in [2.75, 3.05) is 12.3 Å². The number of aliphatic hydroxyl groups excluding tert-OH is 1. The van der Waals surface area contributed by atoms with E-state index in [-0.39, 0.29) is 31.8 Å². The number of nitrogens with zero attached hydrogens (tertiary/aromatic N) is 1. The molecule has 1 amide bonds. The van der Waals surface area contributed by atoms with Crippen LogP contribution in [0.2, 0.25) is 0 Å². The van der Waals surface area contributed by atoms with Crippen molar-refractivity contribution in [2.45, 2.75) is 63.0 Å². The van der Waals surface area contributed by atoms with Gasteiger partial charge in [0.05, 0.1) is 11.4 Å². The lowest BCUT2D eigenvalue weighted by atomic mass is 10.0. The van der Waals surface area contributed by atoms with Crippen LogP contribution in [0.1, 0.15) is 42.9 Å². The Bertz CT molecular complexity index is 971. The largest absolute Gasteiger partial charge is 0.390 e. The molecular weight excluding hydrogens is 462 g/mol. The Morgan fingerprint density at radius 2 is 1.82 bits per heavy atom. The minimum atomic E-state index is -2.80. The molecule has 1 fully saturated rings. The molecule has 2 aromatic rings. The van der Waals surface area contributed by atoms with Crippen LogP contribution in [0.4, 0.5) is 8.78 Å². The predicted octanol–water partition coefficient (Wildman–Crippen LogP) is 4.09. The second kappa shape index (κ2) is 11.6. The third-order valence-corrected chi connectivity index (χ3v) is 8.69. The minimum Gasteiger partial charge on any atom is -0.390 e. The third-order valence-electron chi connectivity index (χ3n) is 6.33. The molecule has 188 valence electrons. The van der Waals surface area contributed by atoms with E-state index < -0.39 is 39.6 Å². The summed E-state index contributed by atoms with van der Waals surface area (Å²) >= 11 is 0. The monoisotopic (exact) mass is 496 g/mol. The van der Waals surface area contributed by atoms with Gasteiger partial charge in [-0.2, -0.15) is 10.6 Å². The van der Waals surface area contributed by atoms with E-state index in [9.17, 15) is 27.8 Å². The lowest BCUT2D eigenvalue weighted by Crippen LogP contribution is -2.46. The Morgan fingerprint density at radius 3 is 2.44 bits per heavy atom. The third kappa shape index (κ3) is 7.23. The summed E-state index contributed by atoms with van der Waals surface area (Å²) in [5, 5.41) is 10.3. The average molecular weight is 497 g/mol. The fourth-order valence-electron chi connectivity index (χ4n) is 4.36. The van der Waals surface area contributed by atoms with Gasteiger partial charge in [-0.1, -0.05) is 31.2 Å². The first kappa shape index (κ1) is 26.6. The first-order chi connectivity index (χ1) is 16.1. The smallest absolute Gasteiger partial charge is 0.224 e. The van der Waals surface area contributed by atoms with Crippen LogP contribution in [0.3, 0.4) is 0 Å². The summed E-state index contributed by atoms with van der Waals surface area (Å²) in [4.78, 5) is 14.7. The van der Waals surface area contributed by atoms with Crippen LogP contribution in [0.5, 0.6) is 0 Å². The highest BCUT2D eigenvalue weighted by atomic mass is 32.3. The summed E-state index contributed by atoms with van der Waals surface area (Å²) in [5.41, 5.74) is 8.45. The van der Waals surface area contributed by atoms with Crippen LogP contribution in [0.25, 0.3) is 0 Å². The average Bonchev–Trinajstić information content (AvgIpc) is 3.10. The van der Waals surface area contributed by atoms with Crippen LogP contribution >= 0.6 is 10.6 Å². The number of nitrogens with two attached hydrogens (primary N) is 1. The zero-order valence-electron chi connectivity index (χ0n) is 19.4. The summed E-state index contributed by atoms with van der Waals surface area (Å²) in [5.74, 6) is -1.43.